The molecule has 4 aromatic rings. The van der Waals surface area contributed by atoms with Crippen molar-refractivity contribution in [1.82, 2.24) is 5.43 Å². The molecule has 0 heterocycles. The maximum atomic E-state index is 12.9. The summed E-state index contributed by atoms with van der Waals surface area (Å²) in [6.07, 6.45) is 1.37. The predicted molar refractivity (Wildman–Crippen MR) is 148 cm³/mol. The summed E-state index contributed by atoms with van der Waals surface area (Å²) in [5, 5.41) is 7.28. The Labute approximate surface area is 229 Å². The van der Waals surface area contributed by atoms with Crippen molar-refractivity contribution in [3.8, 4) is 5.75 Å². The van der Waals surface area contributed by atoms with Crippen LogP contribution in [0.4, 0.5) is 5.69 Å². The topological polar surface area (TPSA) is 96.9 Å². The minimum Gasteiger partial charge on any atom is -0.422 e. The number of carbonyl (C=O) groups is 3. The molecule has 4 aromatic carbocycles. The van der Waals surface area contributed by atoms with E-state index < -0.39 is 17.8 Å². The Balaban J connectivity index is 1.46. The molecule has 0 saturated heterocycles. The second-order valence-corrected chi connectivity index (χ2v) is 8.96. The number of aryl methyl sites for hydroxylation is 1. The molecule has 190 valence electrons. The Kier molecular flexibility index (Phi) is 8.53. The average Bonchev–Trinajstić information content (AvgIpc) is 2.89. The van der Waals surface area contributed by atoms with E-state index in [1.165, 1.54) is 18.3 Å². The predicted octanol–water partition coefficient (Wildman–Crippen LogP) is 6.54. The Hall–Kier alpha value is -4.46. The Bertz CT molecular complexity index is 1550. The van der Waals surface area contributed by atoms with Crippen LogP contribution >= 0.6 is 23.2 Å². The van der Waals surface area contributed by atoms with Crippen LogP contribution in [-0.4, -0.2) is 24.0 Å². The summed E-state index contributed by atoms with van der Waals surface area (Å²) in [6, 6.07) is 24.8. The lowest BCUT2D eigenvalue weighted by Gasteiger charge is -2.11. The maximum absolute atomic E-state index is 12.9. The minimum absolute atomic E-state index is 0.183. The van der Waals surface area contributed by atoms with E-state index in [1.807, 2.05) is 13.0 Å². The van der Waals surface area contributed by atoms with E-state index >= 15 is 0 Å². The van der Waals surface area contributed by atoms with Crippen molar-refractivity contribution < 1.29 is 19.1 Å². The average molecular weight is 546 g/mol. The molecule has 7 nitrogen and oxygen atoms in total. The van der Waals surface area contributed by atoms with E-state index in [0.29, 0.717) is 16.1 Å². The summed E-state index contributed by atoms with van der Waals surface area (Å²) in [6.45, 7) is 1.89. The van der Waals surface area contributed by atoms with E-state index in [0.717, 1.165) is 5.56 Å². The Morgan fingerprint density at radius 2 is 1.58 bits per heavy atom. The highest BCUT2D eigenvalue weighted by molar-refractivity contribution is 6.37. The first kappa shape index (κ1) is 26.6. The lowest BCUT2D eigenvalue weighted by atomic mass is 10.1. The van der Waals surface area contributed by atoms with Crippen molar-refractivity contribution >= 4 is 52.9 Å². The van der Waals surface area contributed by atoms with Crippen LogP contribution in [0, 0.1) is 6.92 Å². The van der Waals surface area contributed by atoms with Gasteiger partial charge in [-0.2, -0.15) is 5.10 Å². The number of para-hydroxylation sites is 2. The monoisotopic (exact) mass is 545 g/mol. The number of hydrazone groups is 1. The number of benzene rings is 4. The number of nitrogens with one attached hydrogen (secondary N) is 2. The normalized spacial score (nSPS) is 10.7. The second kappa shape index (κ2) is 12.2. The Morgan fingerprint density at radius 1 is 0.816 bits per heavy atom. The van der Waals surface area contributed by atoms with Crippen LogP contribution < -0.4 is 15.5 Å². The van der Waals surface area contributed by atoms with Gasteiger partial charge in [0.2, 0.25) is 0 Å². The lowest BCUT2D eigenvalue weighted by Crippen LogP contribution is -2.21. The van der Waals surface area contributed by atoms with Crippen molar-refractivity contribution in [3.63, 3.8) is 0 Å². The molecular weight excluding hydrogens is 525 g/mol. The zero-order valence-electron chi connectivity index (χ0n) is 20.1. The number of hydrogen-bond acceptors (Lipinski definition) is 5. The van der Waals surface area contributed by atoms with Crippen LogP contribution in [0.1, 0.15) is 42.2 Å². The van der Waals surface area contributed by atoms with Gasteiger partial charge in [0.05, 0.1) is 33.6 Å². The SMILES string of the molecule is Cc1cccc(C(=O)Oc2ccccc2/C=N\NC(=O)c2ccccc2NC(=O)c2ccc(Cl)cc2Cl)c1. The molecule has 0 radical (unpaired) electrons. The molecule has 0 atom stereocenters. The molecule has 9 heteroatoms. The highest BCUT2D eigenvalue weighted by Gasteiger charge is 2.16. The fraction of sp³-hybridized carbons (Fsp3) is 0.0345. The third-order valence-corrected chi connectivity index (χ3v) is 5.89. The molecule has 0 bridgehead atoms. The molecule has 0 fully saturated rings. The minimum atomic E-state index is -0.561. The van der Waals surface area contributed by atoms with Gasteiger partial charge in [0.1, 0.15) is 5.75 Å². The molecule has 4 rings (SSSR count). The third kappa shape index (κ3) is 6.64. The van der Waals surface area contributed by atoms with Gasteiger partial charge in [-0.25, -0.2) is 10.2 Å². The van der Waals surface area contributed by atoms with Gasteiger partial charge in [-0.05, 0) is 61.5 Å². The molecule has 0 aromatic heterocycles. The van der Waals surface area contributed by atoms with Gasteiger partial charge in [-0.15, -0.1) is 0 Å². The lowest BCUT2D eigenvalue weighted by molar-refractivity contribution is 0.0733. The van der Waals surface area contributed by atoms with Gasteiger partial charge in [-0.1, -0.05) is 65.2 Å². The summed E-state index contributed by atoms with van der Waals surface area (Å²) in [7, 11) is 0. The molecule has 2 N–H and O–H groups in total. The summed E-state index contributed by atoms with van der Waals surface area (Å²) in [5.41, 5.74) is 4.93. The first-order valence-corrected chi connectivity index (χ1v) is 12.1. The molecule has 0 spiro atoms. The number of esters is 1. The smallest absolute Gasteiger partial charge is 0.343 e. The molecule has 0 aliphatic heterocycles. The third-order valence-electron chi connectivity index (χ3n) is 5.34. The number of carbonyl (C=O) groups excluding carboxylic acids is 3. The van der Waals surface area contributed by atoms with Gasteiger partial charge >= 0.3 is 5.97 Å². The van der Waals surface area contributed by atoms with Crippen molar-refractivity contribution in [2.45, 2.75) is 6.92 Å². The van der Waals surface area contributed by atoms with Gasteiger partial charge in [0.25, 0.3) is 11.8 Å². The number of rotatable bonds is 7. The zero-order chi connectivity index (χ0) is 27.1. The molecule has 0 unspecified atom stereocenters. The number of halogens is 2. The van der Waals surface area contributed by atoms with Crippen LogP contribution in [0.5, 0.6) is 5.75 Å². The van der Waals surface area contributed by atoms with Crippen molar-refractivity contribution in [2.24, 2.45) is 5.10 Å². The van der Waals surface area contributed by atoms with E-state index in [2.05, 4.69) is 15.8 Å². The summed E-state index contributed by atoms with van der Waals surface area (Å²) >= 11 is 12.0. The molecular formula is C29H21Cl2N3O4. The quantitative estimate of drug-likeness (QED) is 0.119. The van der Waals surface area contributed by atoms with E-state index in [4.69, 9.17) is 27.9 Å². The fourth-order valence-electron chi connectivity index (χ4n) is 3.49. The molecule has 2 amide bonds. The number of ether oxygens (including phenoxy) is 1. The van der Waals surface area contributed by atoms with Gasteiger partial charge in [0.15, 0.2) is 0 Å². The van der Waals surface area contributed by atoms with E-state index in [-0.39, 0.29) is 27.6 Å². The number of nitrogens with zero attached hydrogens (tertiary/aromatic N) is 1. The molecule has 0 aliphatic carbocycles. The van der Waals surface area contributed by atoms with Crippen LogP contribution in [0.25, 0.3) is 0 Å². The standard InChI is InChI=1S/C29H21Cl2N3O4/c1-18-7-6-9-19(15-18)29(37)38-26-12-5-2-8-20(26)17-32-34-28(36)23-10-3-4-11-25(23)33-27(35)22-14-13-21(30)16-24(22)31/h2-17H,1H3,(H,33,35)(H,34,36)/b32-17-. The van der Waals surface area contributed by atoms with Crippen LogP contribution in [0.2, 0.25) is 10.0 Å². The highest BCUT2D eigenvalue weighted by atomic mass is 35.5. The van der Waals surface area contributed by atoms with Crippen LogP contribution in [-0.2, 0) is 0 Å². The Morgan fingerprint density at radius 3 is 2.37 bits per heavy atom. The van der Waals surface area contributed by atoms with E-state index in [9.17, 15) is 14.4 Å². The first-order valence-electron chi connectivity index (χ1n) is 11.4. The summed E-state index contributed by atoms with van der Waals surface area (Å²) in [4.78, 5) is 38.2. The molecule has 0 saturated carbocycles. The molecule has 0 aliphatic rings. The fourth-order valence-corrected chi connectivity index (χ4v) is 3.98. The van der Waals surface area contributed by atoms with Gasteiger partial charge in [-0.3, -0.25) is 9.59 Å². The summed E-state index contributed by atoms with van der Waals surface area (Å²) < 4.78 is 5.54. The van der Waals surface area contributed by atoms with E-state index in [1.54, 1.807) is 72.8 Å². The maximum Gasteiger partial charge on any atom is 0.343 e. The second-order valence-electron chi connectivity index (χ2n) is 8.12. The van der Waals surface area contributed by atoms with Crippen LogP contribution in [0.3, 0.4) is 0 Å². The highest BCUT2D eigenvalue weighted by Crippen LogP contribution is 2.23. The van der Waals surface area contributed by atoms with Gasteiger partial charge in [0, 0.05) is 10.6 Å². The largest absolute Gasteiger partial charge is 0.422 e. The number of hydrogen-bond donors (Lipinski definition) is 2. The number of amides is 2. The van der Waals surface area contributed by atoms with Gasteiger partial charge < -0.3 is 10.1 Å². The number of anilines is 1. The van der Waals surface area contributed by atoms with Crippen molar-refractivity contribution in [1.29, 1.82) is 0 Å². The first-order chi connectivity index (χ1) is 18.3. The zero-order valence-corrected chi connectivity index (χ0v) is 21.6. The van der Waals surface area contributed by atoms with Crippen LogP contribution in [0.15, 0.2) is 96.1 Å². The molecule has 38 heavy (non-hydrogen) atoms. The summed E-state index contributed by atoms with van der Waals surface area (Å²) in [5.74, 6) is -1.29. The van der Waals surface area contributed by atoms with Crippen molar-refractivity contribution in [2.75, 3.05) is 5.32 Å². The van der Waals surface area contributed by atoms with Crippen molar-refractivity contribution in [3.05, 3.63) is 129 Å².